The van der Waals surface area contributed by atoms with E-state index in [1.54, 1.807) is 0 Å². The van der Waals surface area contributed by atoms with Crippen molar-refractivity contribution in [2.45, 2.75) is 58.9 Å². The van der Waals surface area contributed by atoms with E-state index in [1.165, 1.54) is 16.7 Å². The summed E-state index contributed by atoms with van der Waals surface area (Å²) >= 11 is 0. The summed E-state index contributed by atoms with van der Waals surface area (Å²) in [5, 5.41) is 18.5. The third kappa shape index (κ3) is 4.37. The first-order valence-corrected chi connectivity index (χ1v) is 13.4. The first-order chi connectivity index (χ1) is 18.0. The lowest BCUT2D eigenvalue weighted by atomic mass is 9.87. The summed E-state index contributed by atoms with van der Waals surface area (Å²) in [6, 6.07) is 17.1. The van der Waals surface area contributed by atoms with Crippen LogP contribution in [0.4, 0.5) is 5.82 Å². The molecular weight excluding hydrogens is 460 g/mol. The summed E-state index contributed by atoms with van der Waals surface area (Å²) < 4.78 is 1.99. The number of hydrogen-bond donors (Lipinski definition) is 1. The van der Waals surface area contributed by atoms with Gasteiger partial charge < -0.3 is 10.2 Å². The number of carbonyl (C=O) groups is 1. The molecule has 0 saturated carbocycles. The van der Waals surface area contributed by atoms with Crippen molar-refractivity contribution in [2.24, 2.45) is 5.92 Å². The number of fused-ring (bicyclic) bond motifs is 2. The van der Waals surface area contributed by atoms with Gasteiger partial charge in [0.2, 0.25) is 5.91 Å². The van der Waals surface area contributed by atoms with Crippen molar-refractivity contribution < 1.29 is 4.79 Å². The smallest absolute Gasteiger partial charge is 0.223 e. The fourth-order valence-electron chi connectivity index (χ4n) is 6.01. The Morgan fingerprint density at radius 2 is 1.70 bits per heavy atom. The molecule has 6 rings (SSSR count). The maximum atomic E-state index is 13.2. The number of aryl methyl sites for hydroxylation is 4. The van der Waals surface area contributed by atoms with Crippen LogP contribution in [0, 0.1) is 26.7 Å². The summed E-state index contributed by atoms with van der Waals surface area (Å²) in [4.78, 5) is 15.5. The van der Waals surface area contributed by atoms with E-state index in [0.29, 0.717) is 0 Å². The number of hydrogen-bond acceptors (Lipinski definition) is 5. The van der Waals surface area contributed by atoms with E-state index in [2.05, 4.69) is 82.8 Å². The molecule has 4 aromatic rings. The fraction of sp³-hybridized carbons (Fsp3) is 0.400. The molecule has 0 unspecified atom stereocenters. The Hall–Kier alpha value is -3.74. The van der Waals surface area contributed by atoms with Gasteiger partial charge in [-0.1, -0.05) is 42.0 Å². The van der Waals surface area contributed by atoms with Gasteiger partial charge in [0.1, 0.15) is 5.52 Å². The molecule has 2 aliphatic rings. The molecule has 1 saturated heterocycles. The maximum Gasteiger partial charge on any atom is 0.223 e. The molecular formula is C30H34N6O. The molecule has 7 heteroatoms. The molecule has 1 aliphatic carbocycles. The molecule has 2 aromatic heterocycles. The van der Waals surface area contributed by atoms with Gasteiger partial charge in [0.05, 0.1) is 28.5 Å². The summed E-state index contributed by atoms with van der Waals surface area (Å²) in [6.07, 6.45) is 4.84. The summed E-state index contributed by atoms with van der Waals surface area (Å²) in [7, 11) is 0. The van der Waals surface area contributed by atoms with Crippen LogP contribution in [0.15, 0.2) is 48.5 Å². The average molecular weight is 495 g/mol. The average Bonchev–Trinajstić information content (AvgIpc) is 3.27. The topological polar surface area (TPSA) is 75.9 Å². The SMILES string of the molecule is Cc1ccc(-n2nc3c(N4CCC(C(=O)N[C@H]5CCCc6ccccc65)CC4)nnc(C)c3c2C)cc1. The van der Waals surface area contributed by atoms with Gasteiger partial charge in [-0.05, 0) is 76.1 Å². The molecule has 1 fully saturated rings. The number of anilines is 1. The van der Waals surface area contributed by atoms with Crippen molar-refractivity contribution in [2.75, 3.05) is 18.0 Å². The van der Waals surface area contributed by atoms with E-state index in [0.717, 1.165) is 79.0 Å². The molecule has 1 N–H and O–H groups in total. The van der Waals surface area contributed by atoms with Gasteiger partial charge in [-0.25, -0.2) is 4.68 Å². The Kier molecular flexibility index (Phi) is 6.14. The highest BCUT2D eigenvalue weighted by Gasteiger charge is 2.30. The quantitative estimate of drug-likeness (QED) is 0.425. The largest absolute Gasteiger partial charge is 0.353 e. The minimum absolute atomic E-state index is 0.0195. The minimum Gasteiger partial charge on any atom is -0.353 e. The number of amides is 1. The summed E-state index contributed by atoms with van der Waals surface area (Å²) in [5.74, 6) is 1.02. The third-order valence-corrected chi connectivity index (χ3v) is 8.11. The Balaban J connectivity index is 1.19. The van der Waals surface area contributed by atoms with Crippen molar-refractivity contribution in [1.29, 1.82) is 0 Å². The molecule has 37 heavy (non-hydrogen) atoms. The van der Waals surface area contributed by atoms with Crippen molar-refractivity contribution in [3.8, 4) is 5.69 Å². The van der Waals surface area contributed by atoms with Gasteiger partial charge >= 0.3 is 0 Å². The first-order valence-electron chi connectivity index (χ1n) is 13.4. The molecule has 1 atom stereocenters. The first kappa shape index (κ1) is 23.6. The predicted octanol–water partition coefficient (Wildman–Crippen LogP) is 5.15. The van der Waals surface area contributed by atoms with Crippen molar-refractivity contribution >= 4 is 22.6 Å². The lowest BCUT2D eigenvalue weighted by Crippen LogP contribution is -2.42. The Morgan fingerprint density at radius 3 is 2.49 bits per heavy atom. The number of rotatable bonds is 4. The Morgan fingerprint density at radius 1 is 0.946 bits per heavy atom. The number of aromatic nitrogens is 4. The van der Waals surface area contributed by atoms with Gasteiger partial charge in [-0.2, -0.15) is 10.2 Å². The standard InChI is InChI=1S/C30H34N6O/c1-19-11-13-24(14-12-19)36-21(3)27-20(2)32-33-29(28(27)34-36)35-17-15-23(16-18-35)30(37)31-26-10-6-8-22-7-4-5-9-25(22)26/h4-5,7,9,11-14,23,26H,6,8,10,15-18H2,1-3H3,(H,31,37)/t26-/m0/s1. The lowest BCUT2D eigenvalue weighted by Gasteiger charge is -2.33. The van der Waals surface area contributed by atoms with E-state index >= 15 is 0 Å². The van der Waals surface area contributed by atoms with Crippen molar-refractivity contribution in [3.05, 3.63) is 76.6 Å². The van der Waals surface area contributed by atoms with Crippen LogP contribution in [-0.4, -0.2) is 39.0 Å². The highest BCUT2D eigenvalue weighted by molar-refractivity contribution is 5.92. The normalized spacial score (nSPS) is 18.1. The van der Waals surface area contributed by atoms with Crippen molar-refractivity contribution in [3.63, 3.8) is 0 Å². The third-order valence-electron chi connectivity index (χ3n) is 8.11. The number of piperidine rings is 1. The van der Waals surface area contributed by atoms with Crippen LogP contribution in [0.1, 0.15) is 59.8 Å². The molecule has 0 bridgehead atoms. The van der Waals surface area contributed by atoms with E-state index in [9.17, 15) is 4.79 Å². The van der Waals surface area contributed by atoms with Gasteiger partial charge in [-0.3, -0.25) is 4.79 Å². The van der Waals surface area contributed by atoms with Crippen LogP contribution in [0.3, 0.4) is 0 Å². The van der Waals surface area contributed by atoms with Crippen LogP contribution in [0.25, 0.3) is 16.6 Å². The Labute approximate surface area is 217 Å². The van der Waals surface area contributed by atoms with Gasteiger partial charge in [-0.15, -0.1) is 5.10 Å². The van der Waals surface area contributed by atoms with Crippen molar-refractivity contribution in [1.82, 2.24) is 25.3 Å². The zero-order chi connectivity index (χ0) is 25.5. The van der Waals surface area contributed by atoms with Gasteiger partial charge in [0.15, 0.2) is 5.82 Å². The molecule has 7 nitrogen and oxygen atoms in total. The van der Waals surface area contributed by atoms with E-state index < -0.39 is 0 Å². The molecule has 0 spiro atoms. The number of benzene rings is 2. The highest BCUT2D eigenvalue weighted by atomic mass is 16.2. The Bertz CT molecular complexity index is 1450. The lowest BCUT2D eigenvalue weighted by molar-refractivity contribution is -0.126. The van der Waals surface area contributed by atoms with Crippen LogP contribution in [0.2, 0.25) is 0 Å². The van der Waals surface area contributed by atoms with Crippen LogP contribution in [-0.2, 0) is 11.2 Å². The predicted molar refractivity (Wildman–Crippen MR) is 146 cm³/mol. The highest BCUT2D eigenvalue weighted by Crippen LogP contribution is 2.33. The van der Waals surface area contributed by atoms with Crippen LogP contribution < -0.4 is 10.2 Å². The van der Waals surface area contributed by atoms with E-state index in [1.807, 2.05) is 11.6 Å². The van der Waals surface area contributed by atoms with Gasteiger partial charge in [0, 0.05) is 19.0 Å². The zero-order valence-electron chi connectivity index (χ0n) is 21.9. The number of carbonyl (C=O) groups excluding carboxylic acids is 1. The zero-order valence-corrected chi connectivity index (χ0v) is 21.9. The monoisotopic (exact) mass is 494 g/mol. The molecule has 190 valence electrons. The molecule has 2 aromatic carbocycles. The van der Waals surface area contributed by atoms with Crippen LogP contribution >= 0.6 is 0 Å². The maximum absolute atomic E-state index is 13.2. The molecule has 1 aliphatic heterocycles. The van der Waals surface area contributed by atoms with E-state index in [4.69, 9.17) is 5.10 Å². The molecule has 0 radical (unpaired) electrons. The minimum atomic E-state index is 0.0195. The summed E-state index contributed by atoms with van der Waals surface area (Å²) in [5.41, 5.74) is 7.74. The van der Waals surface area contributed by atoms with E-state index in [-0.39, 0.29) is 17.9 Å². The number of nitrogens with one attached hydrogen (secondary N) is 1. The number of nitrogens with zero attached hydrogens (tertiary/aromatic N) is 5. The molecule has 3 heterocycles. The molecule has 1 amide bonds. The second-order valence-corrected chi connectivity index (χ2v) is 10.6. The van der Waals surface area contributed by atoms with Gasteiger partial charge in [0.25, 0.3) is 0 Å². The second-order valence-electron chi connectivity index (χ2n) is 10.6. The van der Waals surface area contributed by atoms with Crippen LogP contribution in [0.5, 0.6) is 0 Å². The summed E-state index contributed by atoms with van der Waals surface area (Å²) in [6.45, 7) is 7.70. The second kappa shape index (κ2) is 9.61. The fourth-order valence-corrected chi connectivity index (χ4v) is 6.01.